The number of amides is 1. The molecule has 0 radical (unpaired) electrons. The molecule has 0 aliphatic heterocycles. The predicted molar refractivity (Wildman–Crippen MR) is 91.0 cm³/mol. The third-order valence-corrected chi connectivity index (χ3v) is 4.63. The van der Waals surface area contributed by atoms with Gasteiger partial charge in [-0.15, -0.1) is 11.3 Å². The average molecular weight is 369 g/mol. The Morgan fingerprint density at radius 3 is 2.76 bits per heavy atom. The normalized spacial score (nSPS) is 12.0. The minimum absolute atomic E-state index is 0.0529. The van der Waals surface area contributed by atoms with E-state index in [1.807, 2.05) is 30.3 Å². The number of ether oxygens (including phenoxy) is 1. The summed E-state index contributed by atoms with van der Waals surface area (Å²) in [4.78, 5) is 12.8. The van der Waals surface area contributed by atoms with Crippen LogP contribution in [0.2, 0.25) is 0 Å². The van der Waals surface area contributed by atoms with Crippen LogP contribution in [0.1, 0.15) is 17.8 Å². The second kappa shape index (κ2) is 7.59. The first-order valence-electron chi connectivity index (χ1n) is 6.49. The Morgan fingerprint density at radius 1 is 1.33 bits per heavy atom. The van der Waals surface area contributed by atoms with Crippen molar-refractivity contribution in [1.29, 1.82) is 0 Å². The minimum atomic E-state index is -0.162. The molecule has 112 valence electrons. The third-order valence-electron chi connectivity index (χ3n) is 2.83. The van der Waals surface area contributed by atoms with Crippen molar-refractivity contribution in [1.82, 2.24) is 0 Å². The zero-order chi connectivity index (χ0) is 15.2. The number of methoxy groups -OCH3 is 1. The molecule has 1 amide bonds. The Kier molecular flexibility index (Phi) is 5.78. The fourth-order valence-corrected chi connectivity index (χ4v) is 3.32. The quantitative estimate of drug-likeness (QED) is 0.800. The van der Waals surface area contributed by atoms with Crippen molar-refractivity contribution in [3.05, 3.63) is 45.1 Å². The van der Waals surface area contributed by atoms with E-state index in [4.69, 9.17) is 4.74 Å². The van der Waals surface area contributed by atoms with Gasteiger partial charge in [-0.25, -0.2) is 0 Å². The molecule has 4 nitrogen and oxygen atoms in total. The van der Waals surface area contributed by atoms with Crippen molar-refractivity contribution in [3.8, 4) is 0 Å². The SMILES string of the molecule is COCC(=O)Nc1cccc(NC(C)c2ccc(Br)s2)c1. The van der Waals surface area contributed by atoms with Gasteiger partial charge in [0, 0.05) is 23.4 Å². The van der Waals surface area contributed by atoms with Crippen LogP contribution in [0.4, 0.5) is 11.4 Å². The van der Waals surface area contributed by atoms with Crippen molar-refractivity contribution >= 4 is 44.5 Å². The Bertz CT molecular complexity index is 615. The Morgan fingerprint density at radius 2 is 2.10 bits per heavy atom. The van der Waals surface area contributed by atoms with Crippen molar-refractivity contribution < 1.29 is 9.53 Å². The predicted octanol–water partition coefficient (Wildman–Crippen LogP) is 4.27. The number of benzene rings is 1. The van der Waals surface area contributed by atoms with Gasteiger partial charge in [-0.05, 0) is 53.2 Å². The molecule has 0 aliphatic carbocycles. The van der Waals surface area contributed by atoms with E-state index >= 15 is 0 Å². The van der Waals surface area contributed by atoms with Crippen LogP contribution >= 0.6 is 27.3 Å². The van der Waals surface area contributed by atoms with E-state index in [2.05, 4.69) is 39.6 Å². The number of halogens is 1. The van der Waals surface area contributed by atoms with E-state index in [0.29, 0.717) is 0 Å². The second-order valence-corrected chi connectivity index (χ2v) is 7.06. The van der Waals surface area contributed by atoms with Gasteiger partial charge in [-0.3, -0.25) is 4.79 Å². The van der Waals surface area contributed by atoms with Crippen LogP contribution < -0.4 is 10.6 Å². The molecule has 1 atom stereocenters. The Hall–Kier alpha value is -1.37. The minimum Gasteiger partial charge on any atom is -0.378 e. The van der Waals surface area contributed by atoms with Gasteiger partial charge in [-0.1, -0.05) is 6.07 Å². The summed E-state index contributed by atoms with van der Waals surface area (Å²) in [7, 11) is 1.50. The van der Waals surface area contributed by atoms with Gasteiger partial charge in [0.05, 0.1) is 9.83 Å². The molecule has 0 saturated carbocycles. The first-order chi connectivity index (χ1) is 10.1. The highest BCUT2D eigenvalue weighted by atomic mass is 79.9. The lowest BCUT2D eigenvalue weighted by atomic mass is 10.2. The maximum atomic E-state index is 11.5. The summed E-state index contributed by atoms with van der Waals surface area (Å²) < 4.78 is 5.92. The molecular formula is C15H17BrN2O2S. The van der Waals surface area contributed by atoms with E-state index in [1.54, 1.807) is 11.3 Å². The van der Waals surface area contributed by atoms with Gasteiger partial charge in [0.2, 0.25) is 5.91 Å². The number of hydrogen-bond donors (Lipinski definition) is 2. The summed E-state index contributed by atoms with van der Waals surface area (Å²) in [5.74, 6) is -0.162. The van der Waals surface area contributed by atoms with Gasteiger partial charge in [0.15, 0.2) is 0 Å². The molecule has 1 heterocycles. The molecule has 21 heavy (non-hydrogen) atoms. The van der Waals surface area contributed by atoms with Crippen LogP contribution in [-0.2, 0) is 9.53 Å². The first kappa shape index (κ1) is 16.0. The van der Waals surface area contributed by atoms with Gasteiger partial charge < -0.3 is 15.4 Å². The molecule has 2 rings (SSSR count). The highest BCUT2D eigenvalue weighted by molar-refractivity contribution is 9.11. The van der Waals surface area contributed by atoms with Crippen LogP contribution in [0.25, 0.3) is 0 Å². The molecule has 2 aromatic rings. The summed E-state index contributed by atoms with van der Waals surface area (Å²) in [5.41, 5.74) is 1.71. The first-order valence-corrected chi connectivity index (χ1v) is 8.10. The van der Waals surface area contributed by atoms with Crippen LogP contribution in [-0.4, -0.2) is 19.6 Å². The maximum absolute atomic E-state index is 11.5. The van der Waals surface area contributed by atoms with Crippen LogP contribution in [0, 0.1) is 0 Å². The van der Waals surface area contributed by atoms with Crippen molar-refractivity contribution in [2.24, 2.45) is 0 Å². The second-order valence-electron chi connectivity index (χ2n) is 4.57. The number of anilines is 2. The van der Waals surface area contributed by atoms with Crippen LogP contribution in [0.15, 0.2) is 40.2 Å². The molecule has 0 spiro atoms. The van der Waals surface area contributed by atoms with Gasteiger partial charge >= 0.3 is 0 Å². The molecule has 0 bridgehead atoms. The molecule has 0 aliphatic rings. The summed E-state index contributed by atoms with van der Waals surface area (Å²) in [6, 6.07) is 12.0. The third kappa shape index (κ3) is 4.84. The van der Waals surface area contributed by atoms with Gasteiger partial charge in [-0.2, -0.15) is 0 Å². The number of rotatable bonds is 6. The number of thiophene rings is 1. The number of carbonyl (C=O) groups excluding carboxylic acids is 1. The van der Waals surface area contributed by atoms with Crippen LogP contribution in [0.5, 0.6) is 0 Å². The zero-order valence-corrected chi connectivity index (χ0v) is 14.3. The van der Waals surface area contributed by atoms with E-state index in [1.165, 1.54) is 12.0 Å². The van der Waals surface area contributed by atoms with Crippen molar-refractivity contribution in [3.63, 3.8) is 0 Å². The van der Waals surface area contributed by atoms with E-state index in [-0.39, 0.29) is 18.6 Å². The van der Waals surface area contributed by atoms with E-state index < -0.39 is 0 Å². The summed E-state index contributed by atoms with van der Waals surface area (Å²) in [6.45, 7) is 2.16. The molecule has 6 heteroatoms. The van der Waals surface area contributed by atoms with Crippen molar-refractivity contribution in [2.45, 2.75) is 13.0 Å². The molecular weight excluding hydrogens is 352 g/mol. The molecule has 0 fully saturated rings. The maximum Gasteiger partial charge on any atom is 0.250 e. The summed E-state index contributed by atoms with van der Waals surface area (Å²) >= 11 is 5.18. The Labute approximate surface area is 136 Å². The number of nitrogens with one attached hydrogen (secondary N) is 2. The molecule has 0 saturated heterocycles. The highest BCUT2D eigenvalue weighted by Crippen LogP contribution is 2.29. The average Bonchev–Trinajstić information content (AvgIpc) is 2.86. The molecule has 2 N–H and O–H groups in total. The lowest BCUT2D eigenvalue weighted by Crippen LogP contribution is -2.17. The van der Waals surface area contributed by atoms with Crippen LogP contribution in [0.3, 0.4) is 0 Å². The lowest BCUT2D eigenvalue weighted by molar-refractivity contribution is -0.119. The summed E-state index contributed by atoms with van der Waals surface area (Å²) in [5, 5.41) is 6.22. The molecule has 1 aromatic carbocycles. The fraction of sp³-hybridized carbons (Fsp3) is 0.267. The van der Waals surface area contributed by atoms with E-state index in [0.717, 1.165) is 15.2 Å². The van der Waals surface area contributed by atoms with Gasteiger partial charge in [0.25, 0.3) is 0 Å². The molecule has 1 aromatic heterocycles. The number of carbonyl (C=O) groups is 1. The highest BCUT2D eigenvalue weighted by Gasteiger charge is 2.08. The lowest BCUT2D eigenvalue weighted by Gasteiger charge is -2.15. The van der Waals surface area contributed by atoms with Gasteiger partial charge in [0.1, 0.15) is 6.61 Å². The Balaban J connectivity index is 2.02. The standard InChI is InChI=1S/C15H17BrN2O2S/c1-10(13-6-7-14(16)21-13)17-11-4-3-5-12(8-11)18-15(19)9-20-2/h3-8,10,17H,9H2,1-2H3,(H,18,19). The monoisotopic (exact) mass is 368 g/mol. The van der Waals surface area contributed by atoms with E-state index in [9.17, 15) is 4.79 Å². The van der Waals surface area contributed by atoms with Crippen molar-refractivity contribution in [2.75, 3.05) is 24.4 Å². The largest absolute Gasteiger partial charge is 0.378 e. The topological polar surface area (TPSA) is 50.4 Å². The zero-order valence-electron chi connectivity index (χ0n) is 11.9. The number of hydrogen-bond acceptors (Lipinski definition) is 4. The smallest absolute Gasteiger partial charge is 0.250 e. The molecule has 1 unspecified atom stereocenters. The fourth-order valence-electron chi connectivity index (χ4n) is 1.90. The summed E-state index contributed by atoms with van der Waals surface area (Å²) in [6.07, 6.45) is 0.